The molecule has 1 aliphatic heterocycles. The zero-order chi connectivity index (χ0) is 21.3. The first-order valence-corrected chi connectivity index (χ1v) is 10.7. The van der Waals surface area contributed by atoms with Crippen LogP contribution < -0.4 is 9.80 Å². The third-order valence-electron chi connectivity index (χ3n) is 4.89. The van der Waals surface area contributed by atoms with E-state index in [1.165, 1.54) is 24.0 Å². The highest BCUT2D eigenvalue weighted by Crippen LogP contribution is 2.39. The summed E-state index contributed by atoms with van der Waals surface area (Å²) in [5, 5.41) is 18.5. The van der Waals surface area contributed by atoms with E-state index in [2.05, 4.69) is 0 Å². The van der Waals surface area contributed by atoms with Crippen molar-refractivity contribution in [1.82, 2.24) is 0 Å². The van der Waals surface area contributed by atoms with Crippen molar-refractivity contribution in [3.63, 3.8) is 0 Å². The summed E-state index contributed by atoms with van der Waals surface area (Å²) < 4.78 is 24.1. The number of hydrogen-bond donors (Lipinski definition) is 2. The predicted octanol–water partition coefficient (Wildman–Crippen LogP) is 2.36. The van der Waals surface area contributed by atoms with Crippen molar-refractivity contribution in [1.29, 1.82) is 0 Å². The number of hydrogen-bond acceptors (Lipinski definition) is 5. The largest absolute Gasteiger partial charge is 0.465 e. The number of carboxylic acid groups (broad SMARTS) is 1. The Morgan fingerprint density at radius 2 is 1.69 bits per heavy atom. The number of carbonyl (C=O) groups excluding carboxylic acids is 1. The minimum Gasteiger partial charge on any atom is -0.465 e. The van der Waals surface area contributed by atoms with Gasteiger partial charge in [-0.25, -0.2) is 13.2 Å². The molecule has 154 valence electrons. The van der Waals surface area contributed by atoms with Crippen molar-refractivity contribution in [3.05, 3.63) is 42.5 Å². The molecule has 0 saturated heterocycles. The molecule has 1 heterocycles. The van der Waals surface area contributed by atoms with Gasteiger partial charge in [-0.15, -0.1) is 0 Å². The van der Waals surface area contributed by atoms with Gasteiger partial charge in [-0.05, 0) is 42.3 Å². The van der Waals surface area contributed by atoms with Crippen molar-refractivity contribution in [3.8, 4) is 11.1 Å². The Morgan fingerprint density at radius 3 is 2.24 bits per heavy atom. The van der Waals surface area contributed by atoms with Crippen LogP contribution in [0.15, 0.2) is 47.4 Å². The van der Waals surface area contributed by atoms with Gasteiger partial charge >= 0.3 is 6.09 Å². The zero-order valence-electron chi connectivity index (χ0n) is 16.1. The van der Waals surface area contributed by atoms with Gasteiger partial charge in [0.25, 0.3) is 0 Å². The highest BCUT2D eigenvalue weighted by molar-refractivity contribution is 7.91. The summed E-state index contributed by atoms with van der Waals surface area (Å²) in [5.41, 5.74) is 2.32. The second-order valence-corrected chi connectivity index (χ2v) is 9.01. The standard InChI is InChI=1S/C20H22N2O6S/c1-13-12-21(20(25)26)19-11-16(5-8-18(19)22(13)14(2)24)15-3-6-17(7-4-15)29(27,28)10-9-23/h3-8,11,13,23H,9-10,12H2,1-2H3,(H,25,26)/t13-/m0/s1. The average Bonchev–Trinajstić information content (AvgIpc) is 2.66. The Morgan fingerprint density at radius 1 is 1.07 bits per heavy atom. The molecule has 0 radical (unpaired) electrons. The van der Waals surface area contributed by atoms with Crippen LogP contribution in [0.25, 0.3) is 11.1 Å². The van der Waals surface area contributed by atoms with Crippen LogP contribution in [0.2, 0.25) is 0 Å². The number of aliphatic hydroxyl groups is 1. The maximum atomic E-state index is 12.1. The van der Waals surface area contributed by atoms with Crippen LogP contribution in [0.5, 0.6) is 0 Å². The third kappa shape index (κ3) is 3.96. The predicted molar refractivity (Wildman–Crippen MR) is 109 cm³/mol. The summed E-state index contributed by atoms with van der Waals surface area (Å²) in [6.45, 7) is 2.94. The molecule has 0 fully saturated rings. The Hall–Kier alpha value is -2.91. The number of carbonyl (C=O) groups is 2. The summed E-state index contributed by atoms with van der Waals surface area (Å²) >= 11 is 0. The minimum absolute atomic E-state index is 0.108. The molecule has 0 saturated carbocycles. The molecule has 0 bridgehead atoms. The first kappa shape index (κ1) is 20.8. The highest BCUT2D eigenvalue weighted by atomic mass is 32.2. The number of aliphatic hydroxyl groups excluding tert-OH is 1. The van der Waals surface area contributed by atoms with E-state index in [-0.39, 0.29) is 29.1 Å². The Kier molecular flexibility index (Phi) is 5.63. The van der Waals surface area contributed by atoms with Crippen molar-refractivity contribution in [2.75, 3.05) is 28.7 Å². The molecule has 1 aliphatic rings. The molecule has 0 aliphatic carbocycles. The minimum atomic E-state index is -3.55. The van der Waals surface area contributed by atoms with Gasteiger partial charge in [-0.2, -0.15) is 0 Å². The molecule has 1 atom stereocenters. The molecule has 3 rings (SSSR count). The maximum absolute atomic E-state index is 12.1. The summed E-state index contributed by atoms with van der Waals surface area (Å²) in [4.78, 5) is 26.7. The Labute approximate surface area is 168 Å². The first-order chi connectivity index (χ1) is 13.7. The third-order valence-corrected chi connectivity index (χ3v) is 6.60. The van der Waals surface area contributed by atoms with Gasteiger partial charge in [0.05, 0.1) is 34.7 Å². The number of anilines is 2. The maximum Gasteiger partial charge on any atom is 0.411 e. The van der Waals surface area contributed by atoms with Crippen LogP contribution in [0, 0.1) is 0 Å². The molecular formula is C20H22N2O6S. The molecule has 2 amide bonds. The molecule has 8 nitrogen and oxygen atoms in total. The molecule has 29 heavy (non-hydrogen) atoms. The fraction of sp³-hybridized carbons (Fsp3) is 0.300. The number of benzene rings is 2. The molecule has 0 spiro atoms. The van der Waals surface area contributed by atoms with Crippen LogP contribution in [0.3, 0.4) is 0 Å². The zero-order valence-corrected chi connectivity index (χ0v) is 16.9. The molecule has 0 aromatic heterocycles. The number of sulfone groups is 1. The smallest absolute Gasteiger partial charge is 0.411 e. The summed E-state index contributed by atoms with van der Waals surface area (Å²) in [5.74, 6) is -0.521. The molecule has 2 N–H and O–H groups in total. The lowest BCUT2D eigenvalue weighted by atomic mass is 10.0. The highest BCUT2D eigenvalue weighted by Gasteiger charge is 2.33. The molecule has 2 aromatic rings. The van der Waals surface area contributed by atoms with Gasteiger partial charge in [-0.1, -0.05) is 18.2 Å². The van der Waals surface area contributed by atoms with E-state index >= 15 is 0 Å². The second-order valence-electron chi connectivity index (χ2n) is 6.90. The number of nitrogens with zero attached hydrogens (tertiary/aromatic N) is 2. The van der Waals surface area contributed by atoms with Gasteiger partial charge in [0.15, 0.2) is 9.84 Å². The van der Waals surface area contributed by atoms with Gasteiger partial charge in [0.2, 0.25) is 5.91 Å². The summed E-state index contributed by atoms with van der Waals surface area (Å²) in [7, 11) is -3.55. The lowest BCUT2D eigenvalue weighted by Gasteiger charge is -2.39. The van der Waals surface area contributed by atoms with E-state index in [9.17, 15) is 23.1 Å². The van der Waals surface area contributed by atoms with Gasteiger partial charge in [-0.3, -0.25) is 9.69 Å². The van der Waals surface area contributed by atoms with Crippen LogP contribution in [-0.2, 0) is 14.6 Å². The fourth-order valence-electron chi connectivity index (χ4n) is 3.56. The average molecular weight is 418 g/mol. The fourth-order valence-corrected chi connectivity index (χ4v) is 4.59. The Bertz CT molecular complexity index is 1050. The van der Waals surface area contributed by atoms with Gasteiger partial charge in [0, 0.05) is 13.5 Å². The quantitative estimate of drug-likeness (QED) is 0.788. The van der Waals surface area contributed by atoms with Crippen molar-refractivity contribution in [2.24, 2.45) is 0 Å². The van der Waals surface area contributed by atoms with Crippen LogP contribution in [0.1, 0.15) is 13.8 Å². The lowest BCUT2D eigenvalue weighted by molar-refractivity contribution is -0.117. The number of fused-ring (bicyclic) bond motifs is 1. The summed E-state index contributed by atoms with van der Waals surface area (Å²) in [6, 6.07) is 11.0. The normalized spacial score (nSPS) is 16.4. The number of amides is 2. The van der Waals surface area contributed by atoms with E-state index in [1.54, 1.807) is 42.2 Å². The van der Waals surface area contributed by atoms with Gasteiger partial charge in [0.1, 0.15) is 0 Å². The first-order valence-electron chi connectivity index (χ1n) is 9.04. The number of rotatable bonds is 4. The van der Waals surface area contributed by atoms with E-state index in [0.29, 0.717) is 22.5 Å². The lowest BCUT2D eigenvalue weighted by Crippen LogP contribution is -2.51. The summed E-state index contributed by atoms with van der Waals surface area (Å²) in [6.07, 6.45) is -1.11. The van der Waals surface area contributed by atoms with E-state index in [4.69, 9.17) is 5.11 Å². The Balaban J connectivity index is 2.04. The monoisotopic (exact) mass is 418 g/mol. The van der Waals surface area contributed by atoms with Crippen LogP contribution >= 0.6 is 0 Å². The SMILES string of the molecule is CC(=O)N1c2ccc(-c3ccc(S(=O)(=O)CCO)cc3)cc2N(C(=O)O)C[C@@H]1C. The molecule has 9 heteroatoms. The van der Waals surface area contributed by atoms with E-state index in [0.717, 1.165) is 0 Å². The topological polar surface area (TPSA) is 115 Å². The van der Waals surface area contributed by atoms with Crippen LogP contribution in [0.4, 0.5) is 16.2 Å². The van der Waals surface area contributed by atoms with Gasteiger partial charge < -0.3 is 15.1 Å². The second kappa shape index (κ2) is 7.84. The van der Waals surface area contributed by atoms with E-state index < -0.39 is 22.5 Å². The van der Waals surface area contributed by atoms with Crippen molar-refractivity contribution >= 4 is 33.2 Å². The van der Waals surface area contributed by atoms with Crippen LogP contribution in [-0.4, -0.2) is 55.6 Å². The molecular weight excluding hydrogens is 396 g/mol. The van der Waals surface area contributed by atoms with Crippen molar-refractivity contribution in [2.45, 2.75) is 24.8 Å². The van der Waals surface area contributed by atoms with E-state index in [1.807, 2.05) is 0 Å². The molecule has 2 aromatic carbocycles. The van der Waals surface area contributed by atoms with Crippen molar-refractivity contribution < 1.29 is 28.2 Å². The molecule has 0 unspecified atom stereocenters.